The maximum Gasteiger partial charge on any atom is 0.224 e. The largest absolute Gasteiger partial charge is 0.326 e. The van der Waals surface area contributed by atoms with E-state index in [0.29, 0.717) is 12.8 Å². The molecule has 0 aliphatic rings. The molecule has 3 nitrogen and oxygen atoms in total. The molecule has 102 valence electrons. The topological polar surface area (TPSA) is 52.9 Å². The third-order valence-corrected chi connectivity index (χ3v) is 3.03. The molecule has 1 rings (SSSR count). The van der Waals surface area contributed by atoms with Gasteiger partial charge in [-0.15, -0.1) is 0 Å². The summed E-state index contributed by atoms with van der Waals surface area (Å²) in [6.45, 7) is 2.18. The number of amides is 1. The van der Waals surface area contributed by atoms with E-state index in [1.165, 1.54) is 19.3 Å². The third kappa shape index (κ3) is 6.61. The summed E-state index contributed by atoms with van der Waals surface area (Å²) >= 11 is 0. The van der Waals surface area contributed by atoms with Gasteiger partial charge >= 0.3 is 0 Å². The first-order valence-electron chi connectivity index (χ1n) is 7.02. The normalized spacial score (nSPS) is 9.89. The van der Waals surface area contributed by atoms with E-state index in [-0.39, 0.29) is 5.91 Å². The summed E-state index contributed by atoms with van der Waals surface area (Å²) in [6.07, 6.45) is 6.77. The number of nitrogens with one attached hydrogen (secondary N) is 1. The summed E-state index contributed by atoms with van der Waals surface area (Å²) in [4.78, 5) is 11.7. The number of hydrogen-bond donors (Lipinski definition) is 1. The molecule has 19 heavy (non-hydrogen) atoms. The lowest BCUT2D eigenvalue weighted by Gasteiger charge is -2.05. The quantitative estimate of drug-likeness (QED) is 0.715. The monoisotopic (exact) mass is 258 g/mol. The van der Waals surface area contributed by atoms with Gasteiger partial charge in [0.05, 0.1) is 12.5 Å². The van der Waals surface area contributed by atoms with Crippen LogP contribution < -0.4 is 5.32 Å². The predicted molar refractivity (Wildman–Crippen MR) is 77.8 cm³/mol. The predicted octanol–water partition coefficient (Wildman–Crippen LogP) is 4.05. The average Bonchev–Trinajstić information content (AvgIpc) is 2.41. The van der Waals surface area contributed by atoms with Crippen LogP contribution in [0, 0.1) is 11.3 Å². The van der Waals surface area contributed by atoms with Crippen molar-refractivity contribution in [3.05, 3.63) is 29.8 Å². The molecule has 0 saturated heterocycles. The molecule has 0 aliphatic heterocycles. The lowest BCUT2D eigenvalue weighted by Crippen LogP contribution is -2.10. The zero-order valence-electron chi connectivity index (χ0n) is 11.6. The molecule has 0 radical (unpaired) electrons. The van der Waals surface area contributed by atoms with Gasteiger partial charge in [-0.2, -0.15) is 5.26 Å². The Morgan fingerprint density at radius 1 is 1.16 bits per heavy atom. The van der Waals surface area contributed by atoms with Crippen LogP contribution in [0.25, 0.3) is 0 Å². The van der Waals surface area contributed by atoms with Crippen molar-refractivity contribution in [2.75, 3.05) is 5.32 Å². The maximum absolute atomic E-state index is 11.7. The molecule has 1 amide bonds. The Labute approximate surface area is 115 Å². The van der Waals surface area contributed by atoms with Crippen LogP contribution in [0.5, 0.6) is 0 Å². The van der Waals surface area contributed by atoms with Gasteiger partial charge in [-0.1, -0.05) is 44.7 Å². The minimum absolute atomic E-state index is 0.0736. The smallest absolute Gasteiger partial charge is 0.224 e. The molecular weight excluding hydrogens is 236 g/mol. The number of anilines is 1. The van der Waals surface area contributed by atoms with Gasteiger partial charge in [-0.05, 0) is 24.1 Å². The number of unbranched alkanes of at least 4 members (excludes halogenated alkanes) is 4. The van der Waals surface area contributed by atoms with Crippen LogP contribution in [-0.4, -0.2) is 5.91 Å². The molecule has 3 heteroatoms. The van der Waals surface area contributed by atoms with Crippen LogP contribution in [0.1, 0.15) is 51.0 Å². The van der Waals surface area contributed by atoms with Crippen molar-refractivity contribution < 1.29 is 4.79 Å². The second-order valence-corrected chi connectivity index (χ2v) is 4.74. The van der Waals surface area contributed by atoms with Crippen LogP contribution >= 0.6 is 0 Å². The summed E-state index contributed by atoms with van der Waals surface area (Å²) in [7, 11) is 0. The highest BCUT2D eigenvalue weighted by atomic mass is 16.1. The van der Waals surface area contributed by atoms with Gasteiger partial charge in [-0.25, -0.2) is 0 Å². The molecule has 0 bridgehead atoms. The molecule has 0 unspecified atom stereocenters. The third-order valence-electron chi connectivity index (χ3n) is 3.03. The van der Waals surface area contributed by atoms with E-state index in [4.69, 9.17) is 5.26 Å². The van der Waals surface area contributed by atoms with E-state index in [2.05, 4.69) is 18.3 Å². The molecule has 0 spiro atoms. The van der Waals surface area contributed by atoms with Crippen LogP contribution in [0.3, 0.4) is 0 Å². The molecular formula is C16H22N2O. The molecule has 1 N–H and O–H groups in total. The molecule has 0 fully saturated rings. The molecule has 1 aromatic carbocycles. The number of rotatable bonds is 8. The molecule has 0 atom stereocenters. The van der Waals surface area contributed by atoms with Crippen LogP contribution in [0.4, 0.5) is 5.69 Å². The van der Waals surface area contributed by atoms with Crippen molar-refractivity contribution >= 4 is 11.6 Å². The van der Waals surface area contributed by atoms with Crippen LogP contribution in [0.2, 0.25) is 0 Å². The van der Waals surface area contributed by atoms with Gasteiger partial charge in [-0.3, -0.25) is 4.79 Å². The summed E-state index contributed by atoms with van der Waals surface area (Å²) < 4.78 is 0. The number of hydrogen-bond acceptors (Lipinski definition) is 2. The van der Waals surface area contributed by atoms with E-state index >= 15 is 0 Å². The van der Waals surface area contributed by atoms with Crippen molar-refractivity contribution in [1.29, 1.82) is 5.26 Å². The van der Waals surface area contributed by atoms with Gasteiger partial charge in [0.1, 0.15) is 0 Å². The Hall–Kier alpha value is -1.82. The maximum atomic E-state index is 11.7. The SMILES string of the molecule is CCCCCCCC(=O)Nc1ccc(CC#N)cc1. The van der Waals surface area contributed by atoms with Gasteiger partial charge < -0.3 is 5.32 Å². The highest BCUT2D eigenvalue weighted by Gasteiger charge is 2.02. The van der Waals surface area contributed by atoms with Crippen LogP contribution in [-0.2, 0) is 11.2 Å². The van der Waals surface area contributed by atoms with E-state index < -0.39 is 0 Å². The first-order valence-corrected chi connectivity index (χ1v) is 7.02. The van der Waals surface area contributed by atoms with Crippen molar-refractivity contribution in [3.8, 4) is 6.07 Å². The minimum atomic E-state index is 0.0736. The number of carbonyl (C=O) groups is 1. The fourth-order valence-electron chi connectivity index (χ4n) is 1.91. The highest BCUT2D eigenvalue weighted by Crippen LogP contribution is 2.11. The van der Waals surface area contributed by atoms with Crippen molar-refractivity contribution in [3.63, 3.8) is 0 Å². The van der Waals surface area contributed by atoms with Crippen molar-refractivity contribution in [1.82, 2.24) is 0 Å². The van der Waals surface area contributed by atoms with Crippen molar-refractivity contribution in [2.45, 2.75) is 51.9 Å². The summed E-state index contributed by atoms with van der Waals surface area (Å²) in [6, 6.07) is 9.55. The highest BCUT2D eigenvalue weighted by molar-refractivity contribution is 5.90. The fraction of sp³-hybridized carbons (Fsp3) is 0.500. The Kier molecular flexibility index (Phi) is 7.34. The fourth-order valence-corrected chi connectivity index (χ4v) is 1.91. The van der Waals surface area contributed by atoms with Gasteiger partial charge in [0, 0.05) is 12.1 Å². The lowest BCUT2D eigenvalue weighted by molar-refractivity contribution is -0.116. The Bertz CT molecular complexity index is 417. The van der Waals surface area contributed by atoms with Crippen molar-refractivity contribution in [2.24, 2.45) is 0 Å². The number of carbonyl (C=O) groups excluding carboxylic acids is 1. The van der Waals surface area contributed by atoms with Gasteiger partial charge in [0.25, 0.3) is 0 Å². The van der Waals surface area contributed by atoms with E-state index in [1.54, 1.807) is 0 Å². The Morgan fingerprint density at radius 2 is 1.84 bits per heavy atom. The first kappa shape index (κ1) is 15.2. The second-order valence-electron chi connectivity index (χ2n) is 4.74. The number of benzene rings is 1. The average molecular weight is 258 g/mol. The standard InChI is InChI=1S/C16H22N2O/c1-2-3-4-5-6-7-16(19)18-15-10-8-14(9-11-15)12-13-17/h8-11H,2-7,12H2,1H3,(H,18,19). The van der Waals surface area contributed by atoms with Gasteiger partial charge in [0.2, 0.25) is 5.91 Å². The molecule has 1 aromatic rings. The number of nitriles is 1. The lowest BCUT2D eigenvalue weighted by atomic mass is 10.1. The minimum Gasteiger partial charge on any atom is -0.326 e. The zero-order valence-corrected chi connectivity index (χ0v) is 11.6. The van der Waals surface area contributed by atoms with Gasteiger partial charge in [0.15, 0.2) is 0 Å². The van der Waals surface area contributed by atoms with Crippen LogP contribution in [0.15, 0.2) is 24.3 Å². The molecule has 0 heterocycles. The Balaban J connectivity index is 2.26. The molecule has 0 aromatic heterocycles. The van der Waals surface area contributed by atoms with E-state index in [9.17, 15) is 4.79 Å². The van der Waals surface area contributed by atoms with E-state index in [1.807, 2.05) is 24.3 Å². The second kappa shape index (κ2) is 9.16. The summed E-state index contributed by atoms with van der Waals surface area (Å²) in [5.74, 6) is 0.0736. The molecule has 0 saturated carbocycles. The van der Waals surface area contributed by atoms with E-state index in [0.717, 1.165) is 24.1 Å². The zero-order chi connectivity index (χ0) is 13.9. The number of nitrogens with zero attached hydrogens (tertiary/aromatic N) is 1. The summed E-state index contributed by atoms with van der Waals surface area (Å²) in [5, 5.41) is 11.5. The summed E-state index contributed by atoms with van der Waals surface area (Å²) in [5.41, 5.74) is 1.78. The first-order chi connectivity index (χ1) is 9.26. The Morgan fingerprint density at radius 3 is 2.47 bits per heavy atom. The molecule has 0 aliphatic carbocycles.